The lowest BCUT2D eigenvalue weighted by molar-refractivity contribution is 0.0602. The number of carbonyl (C=O) groups is 1. The Bertz CT molecular complexity index is 993. The number of hydrogen-bond acceptors (Lipinski definition) is 3. The minimum Gasteiger partial charge on any atom is -0.493 e. The second-order valence-corrected chi connectivity index (χ2v) is 7.64. The SMILES string of the molecule is CCc1ccc(COc2ccc(C3CN(C(=O)c4ccccc4)C3)cc2OC)cc1. The van der Waals surface area contributed by atoms with Gasteiger partial charge in [-0.25, -0.2) is 0 Å². The normalized spacial score (nSPS) is 13.6. The van der Waals surface area contributed by atoms with Gasteiger partial charge >= 0.3 is 0 Å². The van der Waals surface area contributed by atoms with Gasteiger partial charge < -0.3 is 14.4 Å². The summed E-state index contributed by atoms with van der Waals surface area (Å²) in [5.41, 5.74) is 4.36. The maximum absolute atomic E-state index is 12.5. The summed E-state index contributed by atoms with van der Waals surface area (Å²) in [5, 5.41) is 0. The molecule has 0 radical (unpaired) electrons. The molecule has 154 valence electrons. The van der Waals surface area contributed by atoms with Crippen LogP contribution in [0, 0.1) is 0 Å². The van der Waals surface area contributed by atoms with Crippen LogP contribution in [0.1, 0.15) is 39.9 Å². The molecule has 1 aliphatic rings. The zero-order valence-electron chi connectivity index (χ0n) is 17.5. The van der Waals surface area contributed by atoms with Crippen LogP contribution in [0.2, 0.25) is 0 Å². The predicted molar refractivity (Wildman–Crippen MR) is 118 cm³/mol. The van der Waals surface area contributed by atoms with Crippen molar-refractivity contribution in [3.63, 3.8) is 0 Å². The molecule has 0 spiro atoms. The molecule has 0 atom stereocenters. The Labute approximate surface area is 178 Å². The van der Waals surface area contributed by atoms with Gasteiger partial charge in [0.2, 0.25) is 0 Å². The smallest absolute Gasteiger partial charge is 0.253 e. The molecule has 1 amide bonds. The highest BCUT2D eigenvalue weighted by Gasteiger charge is 2.32. The van der Waals surface area contributed by atoms with Crippen LogP contribution >= 0.6 is 0 Å². The summed E-state index contributed by atoms with van der Waals surface area (Å²) >= 11 is 0. The molecule has 1 saturated heterocycles. The Morgan fingerprint density at radius 1 is 0.933 bits per heavy atom. The van der Waals surface area contributed by atoms with Crippen molar-refractivity contribution in [3.8, 4) is 11.5 Å². The van der Waals surface area contributed by atoms with Crippen LogP contribution in [0.4, 0.5) is 0 Å². The quantitative estimate of drug-likeness (QED) is 0.554. The molecule has 3 aromatic rings. The van der Waals surface area contributed by atoms with Gasteiger partial charge in [0.05, 0.1) is 7.11 Å². The first-order valence-electron chi connectivity index (χ1n) is 10.4. The van der Waals surface area contributed by atoms with Gasteiger partial charge in [-0.05, 0) is 47.4 Å². The Morgan fingerprint density at radius 3 is 2.30 bits per heavy atom. The fourth-order valence-electron chi connectivity index (χ4n) is 3.71. The summed E-state index contributed by atoms with van der Waals surface area (Å²) in [6.07, 6.45) is 1.03. The van der Waals surface area contributed by atoms with Gasteiger partial charge in [0.15, 0.2) is 11.5 Å². The third-order valence-electron chi connectivity index (χ3n) is 5.67. The van der Waals surface area contributed by atoms with Gasteiger partial charge in [0.25, 0.3) is 5.91 Å². The first kappa shape index (κ1) is 20.0. The minimum atomic E-state index is 0.0906. The van der Waals surface area contributed by atoms with Crippen LogP contribution in [-0.2, 0) is 13.0 Å². The van der Waals surface area contributed by atoms with E-state index in [-0.39, 0.29) is 5.91 Å². The molecule has 0 saturated carbocycles. The maximum atomic E-state index is 12.5. The standard InChI is InChI=1S/C26H27NO3/c1-3-19-9-11-20(12-10-19)18-30-24-14-13-22(15-25(24)29-2)23-16-27(17-23)26(28)21-7-5-4-6-8-21/h4-15,23H,3,16-18H2,1-2H3. The van der Waals surface area contributed by atoms with Gasteiger partial charge in [-0.1, -0.05) is 55.5 Å². The molecule has 4 nitrogen and oxygen atoms in total. The van der Waals surface area contributed by atoms with Gasteiger partial charge in [-0.3, -0.25) is 4.79 Å². The molecular weight excluding hydrogens is 374 g/mol. The Morgan fingerprint density at radius 2 is 1.63 bits per heavy atom. The van der Waals surface area contributed by atoms with E-state index in [0.29, 0.717) is 12.5 Å². The predicted octanol–water partition coefficient (Wildman–Crippen LogP) is 5.08. The van der Waals surface area contributed by atoms with Crippen molar-refractivity contribution < 1.29 is 14.3 Å². The molecule has 4 heteroatoms. The van der Waals surface area contributed by atoms with Crippen molar-refractivity contribution in [2.24, 2.45) is 0 Å². The minimum absolute atomic E-state index is 0.0906. The van der Waals surface area contributed by atoms with E-state index in [1.807, 2.05) is 47.4 Å². The summed E-state index contributed by atoms with van der Waals surface area (Å²) < 4.78 is 11.6. The number of nitrogens with zero attached hydrogens (tertiary/aromatic N) is 1. The van der Waals surface area contributed by atoms with Crippen LogP contribution in [0.15, 0.2) is 72.8 Å². The van der Waals surface area contributed by atoms with Gasteiger partial charge in [0, 0.05) is 24.6 Å². The van der Waals surface area contributed by atoms with Crippen LogP contribution in [-0.4, -0.2) is 31.0 Å². The molecule has 30 heavy (non-hydrogen) atoms. The average Bonchev–Trinajstić information content (AvgIpc) is 2.77. The fraction of sp³-hybridized carbons (Fsp3) is 0.269. The number of benzene rings is 3. The highest BCUT2D eigenvalue weighted by Crippen LogP contribution is 2.35. The molecule has 4 rings (SSSR count). The highest BCUT2D eigenvalue weighted by molar-refractivity contribution is 5.94. The Hall–Kier alpha value is -3.27. The molecule has 0 N–H and O–H groups in total. The van der Waals surface area contributed by atoms with E-state index in [9.17, 15) is 4.79 Å². The molecular formula is C26H27NO3. The summed E-state index contributed by atoms with van der Waals surface area (Å²) in [6.45, 7) is 4.10. The molecule has 3 aromatic carbocycles. The molecule has 0 aromatic heterocycles. The van der Waals surface area contributed by atoms with Crippen LogP contribution in [0.3, 0.4) is 0 Å². The third kappa shape index (κ3) is 4.33. The van der Waals surface area contributed by atoms with Gasteiger partial charge in [-0.15, -0.1) is 0 Å². The van der Waals surface area contributed by atoms with Crippen molar-refractivity contribution in [2.45, 2.75) is 25.9 Å². The number of carbonyl (C=O) groups excluding carboxylic acids is 1. The fourth-order valence-corrected chi connectivity index (χ4v) is 3.71. The maximum Gasteiger partial charge on any atom is 0.253 e. The first-order valence-corrected chi connectivity index (χ1v) is 10.4. The lowest BCUT2D eigenvalue weighted by Gasteiger charge is -2.39. The third-order valence-corrected chi connectivity index (χ3v) is 5.67. The highest BCUT2D eigenvalue weighted by atomic mass is 16.5. The topological polar surface area (TPSA) is 38.8 Å². The van der Waals surface area contributed by atoms with E-state index < -0.39 is 0 Å². The molecule has 1 heterocycles. The summed E-state index contributed by atoms with van der Waals surface area (Å²) in [5.74, 6) is 1.87. The lowest BCUT2D eigenvalue weighted by atomic mass is 9.90. The molecule has 1 aliphatic heterocycles. The lowest BCUT2D eigenvalue weighted by Crippen LogP contribution is -2.48. The number of likely N-dealkylation sites (tertiary alicyclic amines) is 1. The van der Waals surface area contributed by atoms with Crippen molar-refractivity contribution in [1.29, 1.82) is 0 Å². The number of hydrogen-bond donors (Lipinski definition) is 0. The van der Waals surface area contributed by atoms with E-state index in [2.05, 4.69) is 37.3 Å². The molecule has 0 aliphatic carbocycles. The first-order chi connectivity index (χ1) is 14.7. The van der Waals surface area contributed by atoms with E-state index >= 15 is 0 Å². The van der Waals surface area contributed by atoms with Gasteiger partial charge in [0.1, 0.15) is 6.61 Å². The van der Waals surface area contributed by atoms with E-state index in [1.165, 1.54) is 11.1 Å². The second kappa shape index (κ2) is 9.04. The summed E-state index contributed by atoms with van der Waals surface area (Å²) in [6, 6.07) is 24.0. The number of aryl methyl sites for hydroxylation is 1. The second-order valence-electron chi connectivity index (χ2n) is 7.64. The van der Waals surface area contributed by atoms with E-state index in [1.54, 1.807) is 7.11 Å². The van der Waals surface area contributed by atoms with E-state index in [4.69, 9.17) is 9.47 Å². The van der Waals surface area contributed by atoms with Crippen LogP contribution in [0.5, 0.6) is 11.5 Å². The van der Waals surface area contributed by atoms with Crippen LogP contribution < -0.4 is 9.47 Å². The molecule has 0 bridgehead atoms. The summed E-state index contributed by atoms with van der Waals surface area (Å²) in [7, 11) is 1.66. The van der Waals surface area contributed by atoms with Gasteiger partial charge in [-0.2, -0.15) is 0 Å². The average molecular weight is 402 g/mol. The monoisotopic (exact) mass is 401 g/mol. The van der Waals surface area contributed by atoms with Crippen molar-refractivity contribution in [1.82, 2.24) is 4.90 Å². The van der Waals surface area contributed by atoms with E-state index in [0.717, 1.165) is 42.1 Å². The number of rotatable bonds is 7. The number of ether oxygens (including phenoxy) is 2. The Kier molecular flexibility index (Phi) is 6.03. The zero-order valence-corrected chi connectivity index (χ0v) is 17.5. The number of methoxy groups -OCH3 is 1. The van der Waals surface area contributed by atoms with Crippen LogP contribution in [0.25, 0.3) is 0 Å². The number of amides is 1. The van der Waals surface area contributed by atoms with Crippen molar-refractivity contribution >= 4 is 5.91 Å². The van der Waals surface area contributed by atoms with Crippen molar-refractivity contribution in [2.75, 3.05) is 20.2 Å². The summed E-state index contributed by atoms with van der Waals surface area (Å²) in [4.78, 5) is 14.4. The molecule has 1 fully saturated rings. The Balaban J connectivity index is 1.37. The van der Waals surface area contributed by atoms with Crippen molar-refractivity contribution in [3.05, 3.63) is 95.1 Å². The zero-order chi connectivity index (χ0) is 20.9. The largest absolute Gasteiger partial charge is 0.493 e. The molecule has 0 unspecified atom stereocenters.